The highest BCUT2D eigenvalue weighted by Crippen LogP contribution is 2.39. The SMILES string of the molecule is CCc1ccc(C(NC)C2(C#N)COC2)cc1. The zero-order valence-electron chi connectivity index (χ0n) is 10.4. The van der Waals surface area contributed by atoms with Crippen LogP contribution in [-0.4, -0.2) is 20.3 Å². The van der Waals surface area contributed by atoms with E-state index in [2.05, 4.69) is 42.6 Å². The molecule has 3 nitrogen and oxygen atoms in total. The van der Waals surface area contributed by atoms with Crippen molar-refractivity contribution in [3.63, 3.8) is 0 Å². The maximum atomic E-state index is 9.33. The molecule has 1 atom stereocenters. The molecule has 0 amide bonds. The normalized spacial score (nSPS) is 19.1. The van der Waals surface area contributed by atoms with Crippen molar-refractivity contribution in [2.24, 2.45) is 5.41 Å². The topological polar surface area (TPSA) is 45.0 Å². The van der Waals surface area contributed by atoms with Gasteiger partial charge >= 0.3 is 0 Å². The lowest BCUT2D eigenvalue weighted by Gasteiger charge is -2.41. The molecule has 1 aliphatic heterocycles. The first kappa shape index (κ1) is 12.1. The number of aryl methyl sites for hydroxylation is 1. The predicted molar refractivity (Wildman–Crippen MR) is 66.5 cm³/mol. The Morgan fingerprint density at radius 2 is 2.06 bits per heavy atom. The molecule has 2 rings (SSSR count). The van der Waals surface area contributed by atoms with Gasteiger partial charge in [0.15, 0.2) is 0 Å². The number of hydrogen-bond acceptors (Lipinski definition) is 3. The van der Waals surface area contributed by atoms with Gasteiger partial charge in [-0.2, -0.15) is 5.26 Å². The van der Waals surface area contributed by atoms with Crippen molar-refractivity contribution in [2.45, 2.75) is 19.4 Å². The van der Waals surface area contributed by atoms with Gasteiger partial charge in [0, 0.05) is 0 Å². The number of hydrogen-bond donors (Lipinski definition) is 1. The van der Waals surface area contributed by atoms with Crippen molar-refractivity contribution in [1.82, 2.24) is 5.32 Å². The lowest BCUT2D eigenvalue weighted by molar-refractivity contribution is -0.0963. The van der Waals surface area contributed by atoms with Gasteiger partial charge in [-0.1, -0.05) is 31.2 Å². The summed E-state index contributed by atoms with van der Waals surface area (Å²) >= 11 is 0. The molecule has 0 aliphatic carbocycles. The third kappa shape index (κ3) is 2.06. The molecule has 1 saturated heterocycles. The first-order valence-corrected chi connectivity index (χ1v) is 6.01. The second-order valence-corrected chi connectivity index (χ2v) is 4.58. The van der Waals surface area contributed by atoms with E-state index in [1.165, 1.54) is 5.56 Å². The number of nitrogens with zero attached hydrogens (tertiary/aromatic N) is 1. The Labute approximate surface area is 102 Å². The second-order valence-electron chi connectivity index (χ2n) is 4.58. The summed E-state index contributed by atoms with van der Waals surface area (Å²) in [6.45, 7) is 3.18. The van der Waals surface area contributed by atoms with E-state index in [1.54, 1.807) is 0 Å². The average molecular weight is 230 g/mol. The second kappa shape index (κ2) is 4.87. The van der Waals surface area contributed by atoms with Crippen molar-refractivity contribution < 1.29 is 4.74 Å². The van der Waals surface area contributed by atoms with Gasteiger partial charge in [-0.25, -0.2) is 0 Å². The Morgan fingerprint density at radius 3 is 2.41 bits per heavy atom. The molecule has 1 aromatic rings. The van der Waals surface area contributed by atoms with Crippen LogP contribution in [0, 0.1) is 16.7 Å². The fourth-order valence-electron chi connectivity index (χ4n) is 2.33. The van der Waals surface area contributed by atoms with Crippen molar-refractivity contribution in [2.75, 3.05) is 20.3 Å². The summed E-state index contributed by atoms with van der Waals surface area (Å²) < 4.78 is 5.22. The lowest BCUT2D eigenvalue weighted by atomic mass is 9.76. The minimum atomic E-state index is -0.400. The lowest BCUT2D eigenvalue weighted by Crippen LogP contribution is -2.50. The first-order chi connectivity index (χ1) is 8.25. The van der Waals surface area contributed by atoms with Gasteiger partial charge in [-0.3, -0.25) is 0 Å². The van der Waals surface area contributed by atoms with Gasteiger partial charge in [0.25, 0.3) is 0 Å². The van der Waals surface area contributed by atoms with Crippen molar-refractivity contribution in [1.29, 1.82) is 5.26 Å². The number of nitrogens with one attached hydrogen (secondary N) is 1. The molecule has 0 radical (unpaired) electrons. The van der Waals surface area contributed by atoms with Crippen LogP contribution in [0.5, 0.6) is 0 Å². The fourth-order valence-corrected chi connectivity index (χ4v) is 2.33. The van der Waals surface area contributed by atoms with Crippen LogP contribution in [0.4, 0.5) is 0 Å². The molecule has 1 aliphatic rings. The summed E-state index contributed by atoms with van der Waals surface area (Å²) in [5.41, 5.74) is 2.08. The molecule has 17 heavy (non-hydrogen) atoms. The standard InChI is InChI=1S/C14H18N2O/c1-3-11-4-6-12(7-5-11)13(16-2)14(8-15)9-17-10-14/h4-7,13,16H,3,9-10H2,1-2H3. The van der Waals surface area contributed by atoms with Crippen LogP contribution in [0.15, 0.2) is 24.3 Å². The molecule has 90 valence electrons. The molecule has 1 heterocycles. The summed E-state index contributed by atoms with van der Waals surface area (Å²) in [5.74, 6) is 0. The molecule has 3 heteroatoms. The summed E-state index contributed by atoms with van der Waals surface area (Å²) in [4.78, 5) is 0. The van der Waals surface area contributed by atoms with Crippen LogP contribution in [0.25, 0.3) is 0 Å². The van der Waals surface area contributed by atoms with E-state index in [-0.39, 0.29) is 6.04 Å². The van der Waals surface area contributed by atoms with E-state index in [4.69, 9.17) is 4.74 Å². The molecule has 0 bridgehead atoms. The van der Waals surface area contributed by atoms with Crippen molar-refractivity contribution in [3.8, 4) is 6.07 Å². The maximum Gasteiger partial charge on any atom is 0.123 e. The highest BCUT2D eigenvalue weighted by molar-refractivity contribution is 5.29. The molecule has 0 saturated carbocycles. The quantitative estimate of drug-likeness (QED) is 0.861. The number of ether oxygens (including phenoxy) is 1. The van der Waals surface area contributed by atoms with Crippen LogP contribution in [0.3, 0.4) is 0 Å². The zero-order valence-corrected chi connectivity index (χ0v) is 10.4. The largest absolute Gasteiger partial charge is 0.378 e. The van der Waals surface area contributed by atoms with Gasteiger partial charge in [-0.15, -0.1) is 0 Å². The molecule has 1 N–H and O–H groups in total. The number of rotatable bonds is 4. The summed E-state index contributed by atoms with van der Waals surface area (Å²) in [7, 11) is 1.90. The summed E-state index contributed by atoms with van der Waals surface area (Å²) in [5, 5.41) is 12.6. The Hall–Kier alpha value is -1.37. The molecule has 1 unspecified atom stereocenters. The van der Waals surface area contributed by atoms with Crippen LogP contribution in [0.1, 0.15) is 24.1 Å². The predicted octanol–water partition coefficient (Wildman–Crippen LogP) is 2.05. The monoisotopic (exact) mass is 230 g/mol. The van der Waals surface area contributed by atoms with Crippen LogP contribution < -0.4 is 5.32 Å². The maximum absolute atomic E-state index is 9.33. The Balaban J connectivity index is 2.26. The number of benzene rings is 1. The minimum Gasteiger partial charge on any atom is -0.378 e. The van der Waals surface area contributed by atoms with E-state index in [1.807, 2.05) is 7.05 Å². The van der Waals surface area contributed by atoms with Gasteiger partial charge < -0.3 is 10.1 Å². The third-order valence-electron chi connectivity index (χ3n) is 3.50. The van der Waals surface area contributed by atoms with Crippen molar-refractivity contribution >= 4 is 0 Å². The van der Waals surface area contributed by atoms with E-state index in [0.717, 1.165) is 12.0 Å². The van der Waals surface area contributed by atoms with E-state index >= 15 is 0 Å². The fraction of sp³-hybridized carbons (Fsp3) is 0.500. The third-order valence-corrected chi connectivity index (χ3v) is 3.50. The van der Waals surface area contributed by atoms with E-state index in [9.17, 15) is 5.26 Å². The molecule has 1 aromatic carbocycles. The Kier molecular flexibility index (Phi) is 3.46. The highest BCUT2D eigenvalue weighted by Gasteiger charge is 2.46. The Bertz CT molecular complexity index is 415. The molecule has 0 spiro atoms. The molecule has 0 aromatic heterocycles. The average Bonchev–Trinajstić information content (AvgIpc) is 2.34. The van der Waals surface area contributed by atoms with Crippen molar-refractivity contribution in [3.05, 3.63) is 35.4 Å². The molecule has 1 fully saturated rings. The van der Waals surface area contributed by atoms with Gasteiger partial charge in [0.2, 0.25) is 0 Å². The zero-order chi connectivity index (χ0) is 12.3. The minimum absolute atomic E-state index is 0.0483. The van der Waals surface area contributed by atoms with Crippen LogP contribution >= 0.6 is 0 Å². The molecular weight excluding hydrogens is 212 g/mol. The van der Waals surface area contributed by atoms with Gasteiger partial charge in [-0.05, 0) is 24.6 Å². The van der Waals surface area contributed by atoms with Gasteiger partial charge in [0.05, 0.1) is 25.3 Å². The van der Waals surface area contributed by atoms with E-state index in [0.29, 0.717) is 13.2 Å². The van der Waals surface area contributed by atoms with Gasteiger partial charge in [0.1, 0.15) is 5.41 Å². The molecular formula is C14H18N2O. The highest BCUT2D eigenvalue weighted by atomic mass is 16.5. The summed E-state index contributed by atoms with van der Waals surface area (Å²) in [6.07, 6.45) is 1.04. The van der Waals surface area contributed by atoms with Crippen LogP contribution in [0.2, 0.25) is 0 Å². The smallest absolute Gasteiger partial charge is 0.123 e. The van der Waals surface area contributed by atoms with Crippen LogP contribution in [-0.2, 0) is 11.2 Å². The van der Waals surface area contributed by atoms with E-state index < -0.39 is 5.41 Å². The first-order valence-electron chi connectivity index (χ1n) is 6.01. The summed E-state index contributed by atoms with van der Waals surface area (Å²) in [6, 6.07) is 10.9. The Morgan fingerprint density at radius 1 is 1.41 bits per heavy atom. The number of nitriles is 1.